The quantitative estimate of drug-likeness (QED) is 0.438. The van der Waals surface area contributed by atoms with Gasteiger partial charge in [0.25, 0.3) is 11.8 Å². The highest BCUT2D eigenvalue weighted by Gasteiger charge is 2.23. The SMILES string of the molecule is COc1cc(C(=O)N2CCN(C)CC2)ccc1NC(=O)C(=N)/C=C1\C(N)=NCCN1Cc1cc(Cl)ccc1Cl. The van der Waals surface area contributed by atoms with E-state index < -0.39 is 5.91 Å². The van der Waals surface area contributed by atoms with Gasteiger partial charge in [-0.1, -0.05) is 23.2 Å². The van der Waals surface area contributed by atoms with Crippen LogP contribution in [-0.4, -0.2) is 91.5 Å². The zero-order valence-electron chi connectivity index (χ0n) is 21.8. The summed E-state index contributed by atoms with van der Waals surface area (Å²) in [6.07, 6.45) is 1.38. The molecule has 0 unspecified atom stereocenters. The summed E-state index contributed by atoms with van der Waals surface area (Å²) in [5.74, 6) is -0.220. The summed E-state index contributed by atoms with van der Waals surface area (Å²) in [6, 6.07) is 10.0. The Balaban J connectivity index is 1.48. The van der Waals surface area contributed by atoms with Gasteiger partial charge in [0.1, 0.15) is 17.3 Å². The molecule has 2 amide bonds. The Kier molecular flexibility index (Phi) is 9.11. The number of carbonyl (C=O) groups excluding carboxylic acids is 2. The van der Waals surface area contributed by atoms with Gasteiger partial charge in [0, 0.05) is 54.9 Å². The lowest BCUT2D eigenvalue weighted by atomic mass is 10.1. The number of methoxy groups -OCH3 is 1. The molecule has 2 aliphatic heterocycles. The van der Waals surface area contributed by atoms with Crippen molar-refractivity contribution < 1.29 is 14.3 Å². The predicted molar refractivity (Wildman–Crippen MR) is 154 cm³/mol. The van der Waals surface area contributed by atoms with E-state index in [0.717, 1.165) is 18.7 Å². The van der Waals surface area contributed by atoms with E-state index in [-0.39, 0.29) is 17.5 Å². The molecule has 0 radical (unpaired) electrons. The van der Waals surface area contributed by atoms with Crippen LogP contribution in [0.1, 0.15) is 15.9 Å². The molecule has 0 atom stereocenters. The van der Waals surface area contributed by atoms with E-state index in [4.69, 9.17) is 39.1 Å². The molecule has 0 bridgehead atoms. The Morgan fingerprint density at radius 3 is 2.59 bits per heavy atom. The maximum absolute atomic E-state index is 13.0. The van der Waals surface area contributed by atoms with Crippen molar-refractivity contribution in [2.24, 2.45) is 10.7 Å². The predicted octanol–water partition coefficient (Wildman–Crippen LogP) is 3.10. The van der Waals surface area contributed by atoms with E-state index in [2.05, 4.69) is 15.2 Å². The molecule has 1 fully saturated rings. The van der Waals surface area contributed by atoms with Gasteiger partial charge in [-0.15, -0.1) is 0 Å². The van der Waals surface area contributed by atoms with Crippen molar-refractivity contribution in [2.45, 2.75) is 6.54 Å². The maximum Gasteiger partial charge on any atom is 0.273 e. The highest BCUT2D eigenvalue weighted by molar-refractivity contribution is 6.46. The van der Waals surface area contributed by atoms with Gasteiger partial charge in [-0.25, -0.2) is 0 Å². The van der Waals surface area contributed by atoms with Crippen molar-refractivity contribution in [2.75, 3.05) is 58.7 Å². The summed E-state index contributed by atoms with van der Waals surface area (Å²) in [4.78, 5) is 36.1. The van der Waals surface area contributed by atoms with E-state index in [1.807, 2.05) is 11.9 Å². The van der Waals surface area contributed by atoms with Crippen LogP contribution in [0, 0.1) is 5.41 Å². The lowest BCUT2D eigenvalue weighted by Gasteiger charge is -2.32. The number of likely N-dealkylation sites (N-methyl/N-ethyl adjacent to an activating group) is 1. The van der Waals surface area contributed by atoms with E-state index in [9.17, 15) is 9.59 Å². The Bertz CT molecular complexity index is 1340. The molecule has 0 spiro atoms. The summed E-state index contributed by atoms with van der Waals surface area (Å²) >= 11 is 12.5. The van der Waals surface area contributed by atoms with Crippen LogP contribution in [0.5, 0.6) is 5.75 Å². The molecule has 2 aromatic rings. The first kappa shape index (κ1) is 28.4. The monoisotopic (exact) mass is 571 g/mol. The maximum atomic E-state index is 13.0. The number of anilines is 1. The molecule has 39 heavy (non-hydrogen) atoms. The lowest BCUT2D eigenvalue weighted by Crippen LogP contribution is -2.47. The van der Waals surface area contributed by atoms with Gasteiger partial charge >= 0.3 is 0 Å². The highest BCUT2D eigenvalue weighted by Crippen LogP contribution is 2.27. The minimum absolute atomic E-state index is 0.0938. The van der Waals surface area contributed by atoms with Gasteiger partial charge in [0.2, 0.25) is 0 Å². The number of nitrogens with zero attached hydrogens (tertiary/aromatic N) is 4. The number of piperazine rings is 1. The van der Waals surface area contributed by atoms with Gasteiger partial charge in [-0.3, -0.25) is 20.0 Å². The molecule has 10 nitrogen and oxygen atoms in total. The fourth-order valence-electron chi connectivity index (χ4n) is 4.37. The highest BCUT2D eigenvalue weighted by atomic mass is 35.5. The van der Waals surface area contributed by atoms with Crippen molar-refractivity contribution in [3.8, 4) is 5.75 Å². The number of hydrogen-bond acceptors (Lipinski definition) is 8. The van der Waals surface area contributed by atoms with Gasteiger partial charge in [-0.2, -0.15) is 0 Å². The van der Waals surface area contributed by atoms with E-state index in [1.54, 1.807) is 41.3 Å². The summed E-state index contributed by atoms with van der Waals surface area (Å²) < 4.78 is 5.44. The topological polar surface area (TPSA) is 127 Å². The number of nitrogens with two attached hydrogens (primary N) is 1. The van der Waals surface area contributed by atoms with Crippen LogP contribution in [0.25, 0.3) is 0 Å². The Labute approximate surface area is 237 Å². The number of ether oxygens (including phenoxy) is 1. The normalized spacial score (nSPS) is 17.1. The van der Waals surface area contributed by atoms with Crippen LogP contribution in [0.4, 0.5) is 5.69 Å². The average Bonchev–Trinajstić information content (AvgIpc) is 2.92. The molecule has 2 heterocycles. The van der Waals surface area contributed by atoms with Gasteiger partial charge < -0.3 is 30.5 Å². The molecule has 2 aliphatic rings. The second kappa shape index (κ2) is 12.5. The molecular formula is C27H31Cl2N7O3. The minimum atomic E-state index is -0.668. The third kappa shape index (κ3) is 6.89. The van der Waals surface area contributed by atoms with Gasteiger partial charge in [-0.05, 0) is 55.1 Å². The number of nitrogens with one attached hydrogen (secondary N) is 2. The number of carbonyl (C=O) groups is 2. The van der Waals surface area contributed by atoms with Crippen LogP contribution in [-0.2, 0) is 11.3 Å². The zero-order chi connectivity index (χ0) is 28.1. The number of rotatable bonds is 7. The molecule has 4 rings (SSSR count). The van der Waals surface area contributed by atoms with Gasteiger partial charge in [0.05, 0.1) is 25.0 Å². The van der Waals surface area contributed by atoms with E-state index >= 15 is 0 Å². The van der Waals surface area contributed by atoms with Crippen molar-refractivity contribution in [1.29, 1.82) is 5.41 Å². The molecule has 206 valence electrons. The first-order valence-electron chi connectivity index (χ1n) is 12.4. The summed E-state index contributed by atoms with van der Waals surface area (Å²) in [5, 5.41) is 12.2. The van der Waals surface area contributed by atoms with Gasteiger partial charge in [0.15, 0.2) is 0 Å². The average molecular weight is 572 g/mol. The van der Waals surface area contributed by atoms with Crippen LogP contribution in [0.3, 0.4) is 0 Å². The minimum Gasteiger partial charge on any atom is -0.495 e. The third-order valence-electron chi connectivity index (χ3n) is 6.64. The van der Waals surface area contributed by atoms with Crippen molar-refractivity contribution in [3.05, 3.63) is 69.3 Å². The number of halogens is 2. The smallest absolute Gasteiger partial charge is 0.273 e. The second-order valence-corrected chi connectivity index (χ2v) is 10.2. The van der Waals surface area contributed by atoms with E-state index in [0.29, 0.717) is 65.5 Å². The number of amides is 2. The molecule has 0 aromatic heterocycles. The van der Waals surface area contributed by atoms with Crippen LogP contribution in [0.2, 0.25) is 10.0 Å². The molecule has 12 heteroatoms. The molecule has 0 aliphatic carbocycles. The number of aliphatic imine (C=N–C) groups is 1. The molecule has 0 saturated carbocycles. The summed E-state index contributed by atoms with van der Waals surface area (Å²) in [6.45, 7) is 4.30. The first-order valence-corrected chi connectivity index (χ1v) is 13.2. The number of hydrogen-bond donors (Lipinski definition) is 3. The standard InChI is InChI=1S/C27H31Cl2N7O3/c1-34-9-11-35(12-10-34)27(38)17-3-6-22(24(14-17)39-2)33-26(37)21(30)15-23-25(31)32-7-8-36(23)16-18-13-19(28)4-5-20(18)29/h3-6,13-15,30H,7-12,16H2,1-2H3,(H2,31,32)(H,33,37)/b23-15+,30-21?. The number of benzene rings is 2. The fraction of sp³-hybridized carbons (Fsp3) is 0.333. The second-order valence-electron chi connectivity index (χ2n) is 9.33. The number of amidine groups is 1. The van der Waals surface area contributed by atoms with Crippen LogP contribution >= 0.6 is 23.2 Å². The summed E-state index contributed by atoms with van der Waals surface area (Å²) in [5.41, 5.74) is 7.86. The Morgan fingerprint density at radius 2 is 1.87 bits per heavy atom. The molecule has 1 saturated heterocycles. The Hall–Kier alpha value is -3.60. The largest absolute Gasteiger partial charge is 0.495 e. The summed E-state index contributed by atoms with van der Waals surface area (Å²) in [7, 11) is 3.48. The fourth-order valence-corrected chi connectivity index (χ4v) is 4.74. The molecule has 4 N–H and O–H groups in total. The molecule has 2 aromatic carbocycles. The van der Waals surface area contributed by atoms with Crippen molar-refractivity contribution in [1.82, 2.24) is 14.7 Å². The van der Waals surface area contributed by atoms with Crippen LogP contribution in [0.15, 0.2) is 53.2 Å². The zero-order valence-corrected chi connectivity index (χ0v) is 23.3. The first-order chi connectivity index (χ1) is 18.7. The van der Waals surface area contributed by atoms with E-state index in [1.165, 1.54) is 13.2 Å². The lowest BCUT2D eigenvalue weighted by molar-refractivity contribution is -0.110. The molecular weight excluding hydrogens is 541 g/mol. The van der Waals surface area contributed by atoms with Crippen molar-refractivity contribution >= 4 is 52.3 Å². The Morgan fingerprint density at radius 1 is 1.13 bits per heavy atom. The van der Waals surface area contributed by atoms with Crippen LogP contribution < -0.4 is 15.8 Å². The third-order valence-corrected chi connectivity index (χ3v) is 7.24. The van der Waals surface area contributed by atoms with Crippen molar-refractivity contribution in [3.63, 3.8) is 0 Å².